The Morgan fingerprint density at radius 3 is 2.82 bits per heavy atom. The van der Waals surface area contributed by atoms with Crippen molar-refractivity contribution in [1.82, 2.24) is 4.31 Å². The minimum absolute atomic E-state index is 0.0669. The van der Waals surface area contributed by atoms with Crippen LogP contribution < -0.4 is 0 Å². The largest absolute Gasteiger partial charge is 0.379 e. The fourth-order valence-corrected chi connectivity index (χ4v) is 3.38. The molecule has 17 heavy (non-hydrogen) atoms. The van der Waals surface area contributed by atoms with Gasteiger partial charge in [-0.1, -0.05) is 34.1 Å². The Bertz CT molecular complexity index is 489. The van der Waals surface area contributed by atoms with Crippen molar-refractivity contribution in [1.29, 1.82) is 0 Å². The minimum Gasteiger partial charge on any atom is -0.379 e. The zero-order valence-electron chi connectivity index (χ0n) is 9.30. The summed E-state index contributed by atoms with van der Waals surface area (Å²) in [6, 6.07) is 7.65. The van der Waals surface area contributed by atoms with Crippen molar-refractivity contribution >= 4 is 26.0 Å². The van der Waals surface area contributed by atoms with Crippen molar-refractivity contribution in [2.24, 2.45) is 0 Å². The van der Waals surface area contributed by atoms with Crippen LogP contribution in [0.25, 0.3) is 0 Å². The molecule has 1 aromatic carbocycles. The Morgan fingerprint density at radius 2 is 2.06 bits per heavy atom. The van der Waals surface area contributed by atoms with E-state index in [0.717, 1.165) is 10.0 Å². The number of nitrogens with zero attached hydrogens (tertiary/aromatic N) is 1. The third-order valence-corrected chi connectivity index (χ3v) is 5.22. The first-order valence-corrected chi connectivity index (χ1v) is 7.79. The topological polar surface area (TPSA) is 46.6 Å². The van der Waals surface area contributed by atoms with E-state index in [1.54, 1.807) is 0 Å². The van der Waals surface area contributed by atoms with Crippen molar-refractivity contribution in [2.75, 3.05) is 25.5 Å². The summed E-state index contributed by atoms with van der Waals surface area (Å²) in [5.41, 5.74) is 0.970. The standard InChI is InChI=1S/C11H14BrNO3S/c12-11-4-2-1-3-10(11)9-13-5-6-16-7-8-17(13,14)15/h1-4H,5-9H2. The molecule has 0 saturated carbocycles. The second-order valence-electron chi connectivity index (χ2n) is 3.85. The minimum atomic E-state index is -3.19. The lowest BCUT2D eigenvalue weighted by molar-refractivity contribution is 0.146. The van der Waals surface area contributed by atoms with Crippen LogP contribution >= 0.6 is 15.9 Å². The quantitative estimate of drug-likeness (QED) is 0.832. The predicted molar refractivity (Wildman–Crippen MR) is 69.2 cm³/mol. The highest BCUT2D eigenvalue weighted by Crippen LogP contribution is 2.20. The van der Waals surface area contributed by atoms with E-state index in [9.17, 15) is 8.42 Å². The molecule has 94 valence electrons. The van der Waals surface area contributed by atoms with Crippen LogP contribution in [0.3, 0.4) is 0 Å². The van der Waals surface area contributed by atoms with Gasteiger partial charge in [-0.3, -0.25) is 0 Å². The van der Waals surface area contributed by atoms with E-state index in [2.05, 4.69) is 15.9 Å². The van der Waals surface area contributed by atoms with Gasteiger partial charge in [0, 0.05) is 17.6 Å². The van der Waals surface area contributed by atoms with Crippen molar-refractivity contribution < 1.29 is 13.2 Å². The molecule has 2 rings (SSSR count). The van der Waals surface area contributed by atoms with Crippen LogP contribution in [0.5, 0.6) is 0 Å². The van der Waals surface area contributed by atoms with Crippen LogP contribution in [0, 0.1) is 0 Å². The lowest BCUT2D eigenvalue weighted by Crippen LogP contribution is -2.33. The summed E-state index contributed by atoms with van der Waals surface area (Å²) in [6.07, 6.45) is 0. The molecule has 1 aliphatic heterocycles. The average Bonchev–Trinajstić information content (AvgIpc) is 2.44. The van der Waals surface area contributed by atoms with Crippen LogP contribution in [0.1, 0.15) is 5.56 Å². The highest BCUT2D eigenvalue weighted by atomic mass is 79.9. The molecule has 1 saturated heterocycles. The van der Waals surface area contributed by atoms with E-state index in [1.165, 1.54) is 4.31 Å². The highest BCUT2D eigenvalue weighted by Gasteiger charge is 2.24. The lowest BCUT2D eigenvalue weighted by atomic mass is 10.2. The van der Waals surface area contributed by atoms with Gasteiger partial charge in [0.05, 0.1) is 19.0 Å². The Kier molecular flexibility index (Phi) is 4.19. The Labute approximate surface area is 110 Å². The monoisotopic (exact) mass is 319 g/mol. The normalized spacial score (nSPS) is 21.0. The van der Waals surface area contributed by atoms with E-state index in [0.29, 0.717) is 19.7 Å². The molecule has 1 heterocycles. The van der Waals surface area contributed by atoms with Gasteiger partial charge >= 0.3 is 0 Å². The maximum Gasteiger partial charge on any atom is 0.216 e. The van der Waals surface area contributed by atoms with Crippen molar-refractivity contribution in [2.45, 2.75) is 6.54 Å². The number of benzene rings is 1. The Balaban J connectivity index is 2.19. The fraction of sp³-hybridized carbons (Fsp3) is 0.455. The van der Waals surface area contributed by atoms with Crippen LogP contribution in [0.2, 0.25) is 0 Å². The molecule has 0 bridgehead atoms. The molecule has 4 nitrogen and oxygen atoms in total. The molecular formula is C11H14BrNO3S. The molecule has 0 N–H and O–H groups in total. The molecule has 0 atom stereocenters. The first-order valence-electron chi connectivity index (χ1n) is 5.38. The number of hydrogen-bond acceptors (Lipinski definition) is 3. The van der Waals surface area contributed by atoms with Gasteiger partial charge in [-0.2, -0.15) is 4.31 Å². The van der Waals surface area contributed by atoms with Gasteiger partial charge in [0.1, 0.15) is 0 Å². The van der Waals surface area contributed by atoms with E-state index in [1.807, 2.05) is 24.3 Å². The number of rotatable bonds is 2. The number of hydrogen-bond donors (Lipinski definition) is 0. The van der Waals surface area contributed by atoms with E-state index < -0.39 is 10.0 Å². The van der Waals surface area contributed by atoms with Gasteiger partial charge in [-0.05, 0) is 11.6 Å². The first kappa shape index (κ1) is 13.0. The summed E-state index contributed by atoms with van der Waals surface area (Å²) in [5.74, 6) is 0.0669. The second-order valence-corrected chi connectivity index (χ2v) is 6.80. The fourth-order valence-electron chi connectivity index (χ4n) is 1.69. The van der Waals surface area contributed by atoms with Gasteiger partial charge in [0.2, 0.25) is 10.0 Å². The summed E-state index contributed by atoms with van der Waals surface area (Å²) in [5, 5.41) is 0. The average molecular weight is 320 g/mol. The molecule has 1 aromatic rings. The SMILES string of the molecule is O=S1(=O)CCOCCN1Cc1ccccc1Br. The molecule has 0 unspecified atom stereocenters. The van der Waals surface area contributed by atoms with Crippen molar-refractivity contribution in [3.8, 4) is 0 Å². The summed E-state index contributed by atoms with van der Waals surface area (Å²) in [7, 11) is -3.19. The molecule has 0 spiro atoms. The molecule has 0 aliphatic carbocycles. The van der Waals surface area contributed by atoms with Crippen LogP contribution in [0.4, 0.5) is 0 Å². The molecule has 6 heteroatoms. The van der Waals surface area contributed by atoms with Gasteiger partial charge in [-0.15, -0.1) is 0 Å². The van der Waals surface area contributed by atoms with Crippen LogP contribution in [0.15, 0.2) is 28.7 Å². The zero-order chi connectivity index (χ0) is 12.3. The second kappa shape index (κ2) is 5.48. The third-order valence-electron chi connectivity index (χ3n) is 2.67. The maximum atomic E-state index is 11.9. The Hall–Kier alpha value is -0.430. The highest BCUT2D eigenvalue weighted by molar-refractivity contribution is 9.10. The smallest absolute Gasteiger partial charge is 0.216 e. The number of halogens is 1. The molecular weight excluding hydrogens is 306 g/mol. The lowest BCUT2D eigenvalue weighted by Gasteiger charge is -2.19. The number of ether oxygens (including phenoxy) is 1. The van der Waals surface area contributed by atoms with Crippen LogP contribution in [-0.2, 0) is 21.3 Å². The van der Waals surface area contributed by atoms with Crippen molar-refractivity contribution in [3.05, 3.63) is 34.3 Å². The maximum absolute atomic E-state index is 11.9. The van der Waals surface area contributed by atoms with Gasteiger partial charge in [0.15, 0.2) is 0 Å². The number of sulfonamides is 1. The molecule has 0 aromatic heterocycles. The van der Waals surface area contributed by atoms with Gasteiger partial charge in [-0.25, -0.2) is 8.42 Å². The van der Waals surface area contributed by atoms with Crippen LogP contribution in [-0.4, -0.2) is 38.2 Å². The van der Waals surface area contributed by atoms with E-state index in [4.69, 9.17) is 4.74 Å². The molecule has 0 radical (unpaired) electrons. The molecule has 1 aliphatic rings. The Morgan fingerprint density at radius 1 is 1.29 bits per heavy atom. The van der Waals surface area contributed by atoms with E-state index >= 15 is 0 Å². The van der Waals surface area contributed by atoms with Gasteiger partial charge in [0.25, 0.3) is 0 Å². The third kappa shape index (κ3) is 3.28. The van der Waals surface area contributed by atoms with E-state index in [-0.39, 0.29) is 12.4 Å². The summed E-state index contributed by atoms with van der Waals surface area (Å²) < 4.78 is 31.5. The summed E-state index contributed by atoms with van der Waals surface area (Å²) in [4.78, 5) is 0. The molecule has 0 amide bonds. The summed E-state index contributed by atoms with van der Waals surface area (Å²) in [6.45, 7) is 1.56. The van der Waals surface area contributed by atoms with Gasteiger partial charge < -0.3 is 4.74 Å². The molecule has 1 fully saturated rings. The predicted octanol–water partition coefficient (Wildman–Crippen LogP) is 1.61. The first-order chi connectivity index (χ1) is 8.09. The summed E-state index contributed by atoms with van der Waals surface area (Å²) >= 11 is 3.43. The zero-order valence-corrected chi connectivity index (χ0v) is 11.7. The van der Waals surface area contributed by atoms with Crippen molar-refractivity contribution in [3.63, 3.8) is 0 Å².